The van der Waals surface area contributed by atoms with Crippen molar-refractivity contribution in [1.29, 1.82) is 0 Å². The molecule has 1 aliphatic rings. The van der Waals surface area contributed by atoms with E-state index >= 15 is 0 Å². The van der Waals surface area contributed by atoms with E-state index in [1.165, 1.54) is 4.31 Å². The normalized spacial score (nSPS) is 21.8. The fourth-order valence-electron chi connectivity index (χ4n) is 1.80. The Balaban J connectivity index is 0.00000225. The Labute approximate surface area is 105 Å². The molecule has 0 radical (unpaired) electrons. The van der Waals surface area contributed by atoms with E-state index in [2.05, 4.69) is 10.0 Å². The Morgan fingerprint density at radius 2 is 2.00 bits per heavy atom. The third-order valence-corrected chi connectivity index (χ3v) is 4.49. The molecule has 0 amide bonds. The molecule has 0 spiro atoms. The van der Waals surface area contributed by atoms with Gasteiger partial charge in [0.15, 0.2) is 0 Å². The Hall–Kier alpha value is 0.120. The lowest BCUT2D eigenvalue weighted by atomic mass is 10.1. The molecule has 5 nitrogen and oxygen atoms in total. The van der Waals surface area contributed by atoms with Crippen LogP contribution in [-0.4, -0.2) is 44.9 Å². The highest BCUT2D eigenvalue weighted by Gasteiger charge is 2.23. The third-order valence-electron chi connectivity index (χ3n) is 2.66. The van der Waals surface area contributed by atoms with E-state index in [1.807, 2.05) is 13.8 Å². The summed E-state index contributed by atoms with van der Waals surface area (Å²) in [6.07, 6.45) is 1.96. The monoisotopic (exact) mass is 271 g/mol. The first kappa shape index (κ1) is 16.1. The summed E-state index contributed by atoms with van der Waals surface area (Å²) in [6.45, 7) is 6.46. The number of rotatable bonds is 5. The summed E-state index contributed by atoms with van der Waals surface area (Å²) in [6, 6.07) is 0.0457. The van der Waals surface area contributed by atoms with Crippen LogP contribution in [0.3, 0.4) is 0 Å². The SMILES string of the molecule is CCN(CC)S(=O)(=O)NC1CCCNC1.Cl. The zero-order valence-electron chi connectivity index (χ0n) is 9.90. The van der Waals surface area contributed by atoms with Crippen LogP contribution >= 0.6 is 12.4 Å². The fraction of sp³-hybridized carbons (Fsp3) is 1.00. The zero-order valence-corrected chi connectivity index (χ0v) is 11.5. The lowest BCUT2D eigenvalue weighted by molar-refractivity contribution is 0.393. The first-order valence-corrected chi connectivity index (χ1v) is 7.02. The number of nitrogens with one attached hydrogen (secondary N) is 2. The lowest BCUT2D eigenvalue weighted by Crippen LogP contribution is -2.50. The van der Waals surface area contributed by atoms with Gasteiger partial charge in [0.2, 0.25) is 0 Å². The summed E-state index contributed by atoms with van der Waals surface area (Å²) in [7, 11) is -3.28. The molecular formula is C9H22ClN3O2S. The van der Waals surface area contributed by atoms with E-state index in [-0.39, 0.29) is 18.4 Å². The minimum absolute atomic E-state index is 0. The smallest absolute Gasteiger partial charge is 0.279 e. The average molecular weight is 272 g/mol. The van der Waals surface area contributed by atoms with E-state index in [0.717, 1.165) is 25.9 Å². The van der Waals surface area contributed by atoms with Crippen molar-refractivity contribution in [2.75, 3.05) is 26.2 Å². The third kappa shape index (κ3) is 4.55. The van der Waals surface area contributed by atoms with Gasteiger partial charge in [-0.25, -0.2) is 0 Å². The van der Waals surface area contributed by atoms with E-state index in [1.54, 1.807) is 0 Å². The number of hydrogen-bond donors (Lipinski definition) is 2. The summed E-state index contributed by atoms with van der Waals surface area (Å²) in [5, 5.41) is 3.19. The van der Waals surface area contributed by atoms with Crippen LogP contribution in [0, 0.1) is 0 Å². The van der Waals surface area contributed by atoms with Crippen molar-refractivity contribution in [3.05, 3.63) is 0 Å². The van der Waals surface area contributed by atoms with Gasteiger partial charge in [0, 0.05) is 25.7 Å². The van der Waals surface area contributed by atoms with Crippen molar-refractivity contribution < 1.29 is 8.42 Å². The van der Waals surface area contributed by atoms with Crippen molar-refractivity contribution in [3.63, 3.8) is 0 Å². The molecule has 1 saturated heterocycles. The first-order valence-electron chi connectivity index (χ1n) is 5.58. The predicted octanol–water partition coefficient (Wildman–Crippen LogP) is 0.336. The predicted molar refractivity (Wildman–Crippen MR) is 68.1 cm³/mol. The summed E-state index contributed by atoms with van der Waals surface area (Å²) in [5.74, 6) is 0. The standard InChI is InChI=1S/C9H21N3O2S.ClH/c1-3-12(4-2)15(13,14)11-9-6-5-7-10-8-9;/h9-11H,3-8H2,1-2H3;1H. The highest BCUT2D eigenvalue weighted by Crippen LogP contribution is 2.05. The molecule has 1 rings (SSSR count). The molecule has 1 unspecified atom stereocenters. The molecule has 0 aromatic carbocycles. The summed E-state index contributed by atoms with van der Waals surface area (Å²) in [5.41, 5.74) is 0. The van der Waals surface area contributed by atoms with Crippen LogP contribution in [0.5, 0.6) is 0 Å². The molecule has 1 aliphatic heterocycles. The maximum Gasteiger partial charge on any atom is 0.279 e. The molecule has 0 bridgehead atoms. The van der Waals surface area contributed by atoms with Gasteiger partial charge in [-0.15, -0.1) is 12.4 Å². The molecule has 16 heavy (non-hydrogen) atoms. The number of nitrogens with zero attached hydrogens (tertiary/aromatic N) is 1. The zero-order chi connectivity index (χ0) is 11.3. The minimum Gasteiger partial charge on any atom is -0.315 e. The van der Waals surface area contributed by atoms with E-state index in [9.17, 15) is 8.42 Å². The van der Waals surface area contributed by atoms with E-state index < -0.39 is 10.2 Å². The fourth-order valence-corrected chi connectivity index (χ4v) is 3.25. The van der Waals surface area contributed by atoms with Gasteiger partial charge >= 0.3 is 0 Å². The quantitative estimate of drug-likeness (QED) is 0.758. The molecule has 1 fully saturated rings. The van der Waals surface area contributed by atoms with Gasteiger partial charge in [-0.2, -0.15) is 17.4 Å². The molecule has 98 valence electrons. The Morgan fingerprint density at radius 3 is 2.44 bits per heavy atom. The number of halogens is 1. The van der Waals surface area contributed by atoms with Crippen molar-refractivity contribution >= 4 is 22.6 Å². The minimum atomic E-state index is -3.28. The van der Waals surface area contributed by atoms with Gasteiger partial charge in [-0.05, 0) is 19.4 Å². The second-order valence-electron chi connectivity index (χ2n) is 3.75. The van der Waals surface area contributed by atoms with E-state index in [4.69, 9.17) is 0 Å². The first-order chi connectivity index (χ1) is 7.10. The van der Waals surface area contributed by atoms with Crippen LogP contribution in [0.1, 0.15) is 26.7 Å². The molecule has 1 heterocycles. The van der Waals surface area contributed by atoms with Gasteiger partial charge < -0.3 is 5.32 Å². The maximum atomic E-state index is 11.8. The van der Waals surface area contributed by atoms with Crippen molar-refractivity contribution in [2.45, 2.75) is 32.7 Å². The van der Waals surface area contributed by atoms with Gasteiger partial charge in [0.1, 0.15) is 0 Å². The van der Waals surface area contributed by atoms with Crippen molar-refractivity contribution in [2.24, 2.45) is 0 Å². The van der Waals surface area contributed by atoms with Gasteiger partial charge in [-0.1, -0.05) is 13.8 Å². The molecule has 0 aliphatic carbocycles. The molecule has 2 N–H and O–H groups in total. The van der Waals surface area contributed by atoms with Crippen LogP contribution in [0.2, 0.25) is 0 Å². The van der Waals surface area contributed by atoms with Crippen LogP contribution in [0.15, 0.2) is 0 Å². The number of piperidine rings is 1. The topological polar surface area (TPSA) is 61.4 Å². The van der Waals surface area contributed by atoms with Gasteiger partial charge in [0.25, 0.3) is 10.2 Å². The molecule has 0 saturated carbocycles. The largest absolute Gasteiger partial charge is 0.315 e. The van der Waals surface area contributed by atoms with Crippen molar-refractivity contribution in [3.8, 4) is 0 Å². The van der Waals surface area contributed by atoms with Crippen molar-refractivity contribution in [1.82, 2.24) is 14.3 Å². The molecule has 7 heteroatoms. The lowest BCUT2D eigenvalue weighted by Gasteiger charge is -2.27. The maximum absolute atomic E-state index is 11.8. The average Bonchev–Trinajstić information content (AvgIpc) is 2.19. The second-order valence-corrected chi connectivity index (χ2v) is 5.45. The molecule has 1 atom stereocenters. The summed E-state index contributed by atoms with van der Waals surface area (Å²) < 4.78 is 27.9. The Morgan fingerprint density at radius 1 is 1.38 bits per heavy atom. The number of hydrogen-bond acceptors (Lipinski definition) is 3. The van der Waals surface area contributed by atoms with Crippen LogP contribution in [0.4, 0.5) is 0 Å². The molecule has 0 aromatic rings. The van der Waals surface area contributed by atoms with Crippen LogP contribution in [0.25, 0.3) is 0 Å². The van der Waals surface area contributed by atoms with Crippen LogP contribution in [-0.2, 0) is 10.2 Å². The second kappa shape index (κ2) is 7.45. The van der Waals surface area contributed by atoms with Gasteiger partial charge in [-0.3, -0.25) is 0 Å². The summed E-state index contributed by atoms with van der Waals surface area (Å²) in [4.78, 5) is 0. The molecular weight excluding hydrogens is 250 g/mol. The highest BCUT2D eigenvalue weighted by molar-refractivity contribution is 7.87. The Kier molecular flexibility index (Phi) is 7.50. The van der Waals surface area contributed by atoms with Gasteiger partial charge in [0.05, 0.1) is 0 Å². The Bertz CT molecular complexity index is 274. The molecule has 0 aromatic heterocycles. The highest BCUT2D eigenvalue weighted by atomic mass is 35.5. The van der Waals surface area contributed by atoms with E-state index in [0.29, 0.717) is 13.1 Å². The van der Waals surface area contributed by atoms with Crippen LogP contribution < -0.4 is 10.0 Å². The summed E-state index contributed by atoms with van der Waals surface area (Å²) >= 11 is 0.